The molecule has 0 aromatic rings. The van der Waals surface area contributed by atoms with Crippen molar-refractivity contribution < 1.29 is 4.74 Å². The minimum absolute atomic E-state index is 0.761. The summed E-state index contributed by atoms with van der Waals surface area (Å²) in [6, 6.07) is 0. The van der Waals surface area contributed by atoms with Crippen LogP contribution in [0.2, 0.25) is 0 Å². The van der Waals surface area contributed by atoms with E-state index in [0.717, 1.165) is 43.4 Å². The lowest BCUT2D eigenvalue weighted by atomic mass is 9.90. The summed E-state index contributed by atoms with van der Waals surface area (Å²) in [4.78, 5) is 4.61. The highest BCUT2D eigenvalue weighted by atomic mass is 16.5. The van der Waals surface area contributed by atoms with Gasteiger partial charge in [0, 0.05) is 24.3 Å². The molecule has 0 N–H and O–H groups in total. The Morgan fingerprint density at radius 3 is 2.95 bits per heavy atom. The lowest BCUT2D eigenvalue weighted by molar-refractivity contribution is 0.138. The monoisotopic (exact) mass is 271 g/mol. The lowest BCUT2D eigenvalue weighted by Crippen LogP contribution is -2.17. The topological polar surface area (TPSA) is 21.6 Å². The van der Waals surface area contributed by atoms with Crippen molar-refractivity contribution in [2.75, 3.05) is 13.2 Å². The number of allylic oxidation sites excluding steroid dienone is 4. The van der Waals surface area contributed by atoms with E-state index >= 15 is 0 Å². The molecule has 1 saturated carbocycles. The maximum atomic E-state index is 6.25. The highest BCUT2D eigenvalue weighted by Crippen LogP contribution is 2.30. The molecule has 0 atom stereocenters. The van der Waals surface area contributed by atoms with E-state index in [-0.39, 0.29) is 0 Å². The van der Waals surface area contributed by atoms with Crippen molar-refractivity contribution in [1.29, 1.82) is 0 Å². The van der Waals surface area contributed by atoms with Gasteiger partial charge in [-0.2, -0.15) is 0 Å². The maximum absolute atomic E-state index is 6.25. The van der Waals surface area contributed by atoms with Crippen LogP contribution in [0, 0.1) is 5.92 Å². The van der Waals surface area contributed by atoms with Crippen LogP contribution >= 0.6 is 0 Å². The van der Waals surface area contributed by atoms with Gasteiger partial charge in [-0.05, 0) is 37.7 Å². The number of nitrogens with zero attached hydrogens (tertiary/aromatic N) is 1. The molecule has 1 heterocycles. The van der Waals surface area contributed by atoms with E-state index in [2.05, 4.69) is 30.1 Å². The summed E-state index contributed by atoms with van der Waals surface area (Å²) in [6.45, 7) is 3.94. The molecule has 0 aromatic carbocycles. The smallest absolute Gasteiger partial charge is 0.109 e. The second kappa shape index (κ2) is 6.43. The minimum atomic E-state index is 0.761. The SMILES string of the molecule is CC1=NCCC2=CC=CCC(OCC3CCCCC3)=C21. The Labute approximate surface area is 122 Å². The number of fused-ring (bicyclic) bond motifs is 1. The Bertz CT molecular complexity index is 476. The van der Waals surface area contributed by atoms with Crippen molar-refractivity contribution in [1.82, 2.24) is 0 Å². The third kappa shape index (κ3) is 3.05. The first-order valence-corrected chi connectivity index (χ1v) is 8.08. The third-order valence-corrected chi connectivity index (χ3v) is 4.65. The highest BCUT2D eigenvalue weighted by Gasteiger charge is 2.21. The predicted octanol–water partition coefficient (Wildman–Crippen LogP) is 4.59. The average molecular weight is 271 g/mol. The molecule has 0 saturated heterocycles. The standard InChI is InChI=1S/C18H25NO/c1-14-18-16(11-12-19-14)9-5-6-10-17(18)20-13-15-7-3-2-4-8-15/h5-6,9,15H,2-4,7-8,10-13H2,1H3. The molecule has 3 rings (SSSR count). The average Bonchev–Trinajstić information content (AvgIpc) is 2.69. The number of hydrogen-bond acceptors (Lipinski definition) is 2. The fraction of sp³-hybridized carbons (Fsp3) is 0.611. The Morgan fingerprint density at radius 1 is 1.25 bits per heavy atom. The summed E-state index contributed by atoms with van der Waals surface area (Å²) in [5, 5.41) is 0. The van der Waals surface area contributed by atoms with Crippen LogP contribution in [0.5, 0.6) is 0 Å². The molecule has 2 aliphatic carbocycles. The molecule has 108 valence electrons. The van der Waals surface area contributed by atoms with Crippen molar-refractivity contribution in [3.8, 4) is 0 Å². The Hall–Kier alpha value is -1.31. The lowest BCUT2D eigenvalue weighted by Gasteiger charge is -2.25. The van der Waals surface area contributed by atoms with Crippen LogP contribution in [-0.4, -0.2) is 18.9 Å². The third-order valence-electron chi connectivity index (χ3n) is 4.65. The van der Waals surface area contributed by atoms with E-state index < -0.39 is 0 Å². The molecule has 0 unspecified atom stereocenters. The molecule has 1 fully saturated rings. The van der Waals surface area contributed by atoms with Gasteiger partial charge < -0.3 is 4.74 Å². The van der Waals surface area contributed by atoms with Crippen LogP contribution in [0.25, 0.3) is 0 Å². The summed E-state index contributed by atoms with van der Waals surface area (Å²) in [6.07, 6.45) is 15.4. The number of hydrogen-bond donors (Lipinski definition) is 0. The minimum Gasteiger partial charge on any atom is -0.497 e. The second-order valence-corrected chi connectivity index (χ2v) is 6.15. The van der Waals surface area contributed by atoms with Gasteiger partial charge in [-0.3, -0.25) is 4.99 Å². The molecule has 3 aliphatic rings. The summed E-state index contributed by atoms with van der Waals surface area (Å²) >= 11 is 0. The number of ether oxygens (including phenoxy) is 1. The largest absolute Gasteiger partial charge is 0.497 e. The van der Waals surface area contributed by atoms with E-state index in [1.54, 1.807) is 0 Å². The molecular weight excluding hydrogens is 246 g/mol. The van der Waals surface area contributed by atoms with Crippen LogP contribution in [0.1, 0.15) is 51.9 Å². The van der Waals surface area contributed by atoms with Crippen molar-refractivity contribution in [2.24, 2.45) is 10.9 Å². The zero-order chi connectivity index (χ0) is 13.8. The molecule has 1 aliphatic heterocycles. The summed E-state index contributed by atoms with van der Waals surface area (Å²) in [7, 11) is 0. The van der Waals surface area contributed by atoms with Gasteiger partial charge >= 0.3 is 0 Å². The quantitative estimate of drug-likeness (QED) is 0.735. The van der Waals surface area contributed by atoms with E-state index in [0.29, 0.717) is 0 Å². The molecular formula is C18H25NO. The molecule has 2 heteroatoms. The van der Waals surface area contributed by atoms with Gasteiger partial charge in [0.05, 0.1) is 6.61 Å². The zero-order valence-corrected chi connectivity index (χ0v) is 12.5. The second-order valence-electron chi connectivity index (χ2n) is 6.15. The summed E-state index contributed by atoms with van der Waals surface area (Å²) < 4.78 is 6.25. The van der Waals surface area contributed by atoms with Gasteiger partial charge in [0.2, 0.25) is 0 Å². The molecule has 0 bridgehead atoms. The van der Waals surface area contributed by atoms with Gasteiger partial charge in [-0.25, -0.2) is 0 Å². The number of rotatable bonds is 3. The summed E-state index contributed by atoms with van der Waals surface area (Å²) in [5.74, 6) is 1.91. The molecule has 0 spiro atoms. The first kappa shape index (κ1) is 13.7. The fourth-order valence-electron chi connectivity index (χ4n) is 3.49. The van der Waals surface area contributed by atoms with E-state index in [4.69, 9.17) is 4.74 Å². The Kier molecular flexibility index (Phi) is 4.39. The Morgan fingerprint density at radius 2 is 2.10 bits per heavy atom. The van der Waals surface area contributed by atoms with Crippen LogP contribution in [0.3, 0.4) is 0 Å². The van der Waals surface area contributed by atoms with E-state index in [1.807, 2.05) is 0 Å². The predicted molar refractivity (Wildman–Crippen MR) is 84.0 cm³/mol. The maximum Gasteiger partial charge on any atom is 0.109 e. The zero-order valence-electron chi connectivity index (χ0n) is 12.5. The summed E-state index contributed by atoms with van der Waals surface area (Å²) in [5.41, 5.74) is 3.85. The highest BCUT2D eigenvalue weighted by molar-refractivity contribution is 6.03. The fourth-order valence-corrected chi connectivity index (χ4v) is 3.49. The van der Waals surface area contributed by atoms with Gasteiger partial charge in [-0.15, -0.1) is 0 Å². The van der Waals surface area contributed by atoms with Crippen molar-refractivity contribution in [3.05, 3.63) is 35.1 Å². The first-order valence-electron chi connectivity index (χ1n) is 8.08. The van der Waals surface area contributed by atoms with Crippen LogP contribution in [0.15, 0.2) is 40.1 Å². The normalized spacial score (nSPS) is 23.9. The van der Waals surface area contributed by atoms with Crippen molar-refractivity contribution >= 4 is 5.71 Å². The van der Waals surface area contributed by atoms with Gasteiger partial charge in [0.15, 0.2) is 0 Å². The molecule has 0 amide bonds. The van der Waals surface area contributed by atoms with Gasteiger partial charge in [0.1, 0.15) is 5.76 Å². The van der Waals surface area contributed by atoms with Crippen LogP contribution in [-0.2, 0) is 4.74 Å². The number of aliphatic imine (C=N–C) groups is 1. The van der Waals surface area contributed by atoms with E-state index in [1.165, 1.54) is 43.3 Å². The van der Waals surface area contributed by atoms with Gasteiger partial charge in [0.25, 0.3) is 0 Å². The molecule has 2 nitrogen and oxygen atoms in total. The van der Waals surface area contributed by atoms with Gasteiger partial charge in [-0.1, -0.05) is 37.5 Å². The molecule has 0 radical (unpaired) electrons. The van der Waals surface area contributed by atoms with Crippen molar-refractivity contribution in [2.45, 2.75) is 51.9 Å². The molecule has 0 aromatic heterocycles. The van der Waals surface area contributed by atoms with Crippen molar-refractivity contribution in [3.63, 3.8) is 0 Å². The Balaban J connectivity index is 1.75. The molecule has 20 heavy (non-hydrogen) atoms. The first-order chi connectivity index (χ1) is 9.84. The van der Waals surface area contributed by atoms with E-state index in [9.17, 15) is 0 Å². The van der Waals surface area contributed by atoms with Crippen LogP contribution in [0.4, 0.5) is 0 Å². The van der Waals surface area contributed by atoms with Crippen LogP contribution < -0.4 is 0 Å².